The van der Waals surface area contributed by atoms with Crippen molar-refractivity contribution in [2.24, 2.45) is 5.92 Å². The minimum Gasteiger partial charge on any atom is -0.349 e. The minimum atomic E-state index is 0.136. The number of benzene rings is 1. The lowest BCUT2D eigenvalue weighted by Gasteiger charge is -2.25. The average molecular weight is 341 g/mol. The standard InChI is InChI=1S/C19H23N3OS/c23-19(15-9-10-24-13-15)21-17-7-4-8-18-16(17)11-20-22(18)12-14-5-2-1-3-6-14/h1-3,5-6,11,15,17H,4,7-10,12-13H2,(H,21,23). The quantitative estimate of drug-likeness (QED) is 0.929. The molecule has 24 heavy (non-hydrogen) atoms. The van der Waals surface area contributed by atoms with Gasteiger partial charge in [-0.1, -0.05) is 30.3 Å². The molecule has 1 fully saturated rings. The van der Waals surface area contributed by atoms with Crippen LogP contribution in [-0.4, -0.2) is 27.2 Å². The van der Waals surface area contributed by atoms with Crippen LogP contribution in [0.3, 0.4) is 0 Å². The molecule has 2 aliphatic rings. The summed E-state index contributed by atoms with van der Waals surface area (Å²) in [5.41, 5.74) is 3.77. The lowest BCUT2D eigenvalue weighted by molar-refractivity contribution is -0.125. The van der Waals surface area contributed by atoms with Gasteiger partial charge >= 0.3 is 0 Å². The van der Waals surface area contributed by atoms with E-state index < -0.39 is 0 Å². The molecule has 1 aromatic carbocycles. The first-order chi connectivity index (χ1) is 11.8. The molecule has 2 atom stereocenters. The predicted octanol–water partition coefficient (Wildman–Crippen LogP) is 3.18. The second-order valence-electron chi connectivity index (χ2n) is 6.70. The van der Waals surface area contributed by atoms with E-state index in [0.717, 1.165) is 43.7 Å². The lowest BCUT2D eigenvalue weighted by atomic mass is 9.92. The zero-order valence-electron chi connectivity index (χ0n) is 13.8. The first-order valence-electron chi connectivity index (χ1n) is 8.78. The van der Waals surface area contributed by atoms with E-state index in [1.807, 2.05) is 24.0 Å². The van der Waals surface area contributed by atoms with Crippen molar-refractivity contribution in [3.63, 3.8) is 0 Å². The van der Waals surface area contributed by atoms with E-state index in [1.165, 1.54) is 16.8 Å². The monoisotopic (exact) mass is 341 g/mol. The third-order valence-electron chi connectivity index (χ3n) is 5.05. The number of amides is 1. The first kappa shape index (κ1) is 15.8. The third-order valence-corrected chi connectivity index (χ3v) is 6.22. The van der Waals surface area contributed by atoms with Gasteiger partial charge < -0.3 is 5.32 Å². The van der Waals surface area contributed by atoms with E-state index >= 15 is 0 Å². The van der Waals surface area contributed by atoms with Crippen LogP contribution in [0.2, 0.25) is 0 Å². The van der Waals surface area contributed by atoms with Crippen molar-refractivity contribution >= 4 is 17.7 Å². The third kappa shape index (κ3) is 3.22. The van der Waals surface area contributed by atoms with Crippen molar-refractivity contribution in [3.05, 3.63) is 53.3 Å². The van der Waals surface area contributed by atoms with Crippen molar-refractivity contribution in [1.29, 1.82) is 0 Å². The summed E-state index contributed by atoms with van der Waals surface area (Å²) in [4.78, 5) is 12.5. The van der Waals surface area contributed by atoms with Crippen LogP contribution in [-0.2, 0) is 17.8 Å². The Morgan fingerprint density at radius 1 is 1.29 bits per heavy atom. The molecule has 1 aromatic heterocycles. The number of hydrogen-bond acceptors (Lipinski definition) is 3. The number of nitrogens with one attached hydrogen (secondary N) is 1. The van der Waals surface area contributed by atoms with E-state index in [9.17, 15) is 4.79 Å². The summed E-state index contributed by atoms with van der Waals surface area (Å²) < 4.78 is 2.11. The summed E-state index contributed by atoms with van der Waals surface area (Å²) in [6.45, 7) is 0.802. The highest BCUT2D eigenvalue weighted by Gasteiger charge is 2.29. The number of carbonyl (C=O) groups excluding carboxylic acids is 1. The molecule has 126 valence electrons. The molecule has 1 aliphatic heterocycles. The Kier molecular flexibility index (Phi) is 4.60. The van der Waals surface area contributed by atoms with Gasteiger partial charge in [0.2, 0.25) is 5.91 Å². The van der Waals surface area contributed by atoms with Gasteiger partial charge in [0.15, 0.2) is 0 Å². The zero-order valence-corrected chi connectivity index (χ0v) is 14.6. The van der Waals surface area contributed by atoms with Crippen molar-refractivity contribution in [1.82, 2.24) is 15.1 Å². The maximum Gasteiger partial charge on any atom is 0.224 e. The van der Waals surface area contributed by atoms with E-state index in [0.29, 0.717) is 0 Å². The smallest absolute Gasteiger partial charge is 0.224 e. The number of hydrogen-bond donors (Lipinski definition) is 1. The van der Waals surface area contributed by atoms with Gasteiger partial charge in [0.05, 0.1) is 18.8 Å². The molecule has 1 saturated heterocycles. The molecule has 4 rings (SSSR count). The summed E-state index contributed by atoms with van der Waals surface area (Å²) in [6.07, 6.45) is 6.16. The molecule has 1 N–H and O–H groups in total. The van der Waals surface area contributed by atoms with Gasteiger partial charge in [0.25, 0.3) is 0 Å². The van der Waals surface area contributed by atoms with Crippen LogP contribution in [0.15, 0.2) is 36.5 Å². The Hall–Kier alpha value is -1.75. The van der Waals surface area contributed by atoms with Crippen LogP contribution in [0.4, 0.5) is 0 Å². The van der Waals surface area contributed by atoms with Gasteiger partial charge in [-0.25, -0.2) is 0 Å². The van der Waals surface area contributed by atoms with Gasteiger partial charge in [0.1, 0.15) is 0 Å². The molecule has 1 aliphatic carbocycles. The van der Waals surface area contributed by atoms with Crippen LogP contribution >= 0.6 is 11.8 Å². The number of aromatic nitrogens is 2. The molecule has 0 radical (unpaired) electrons. The van der Waals surface area contributed by atoms with Crippen molar-refractivity contribution in [3.8, 4) is 0 Å². The summed E-state index contributed by atoms with van der Waals surface area (Å²) in [5.74, 6) is 2.51. The van der Waals surface area contributed by atoms with Gasteiger partial charge in [0, 0.05) is 22.9 Å². The largest absolute Gasteiger partial charge is 0.349 e. The van der Waals surface area contributed by atoms with Crippen LogP contribution < -0.4 is 5.32 Å². The number of nitrogens with zero attached hydrogens (tertiary/aromatic N) is 2. The van der Waals surface area contributed by atoms with E-state index in [4.69, 9.17) is 0 Å². The number of fused-ring (bicyclic) bond motifs is 1. The Bertz CT molecular complexity index is 707. The maximum atomic E-state index is 12.5. The van der Waals surface area contributed by atoms with Gasteiger partial charge in [-0.15, -0.1) is 0 Å². The molecular weight excluding hydrogens is 318 g/mol. The van der Waals surface area contributed by atoms with E-state index in [2.05, 4.69) is 39.4 Å². The molecule has 0 saturated carbocycles. The van der Waals surface area contributed by atoms with Crippen LogP contribution in [0, 0.1) is 5.92 Å². The summed E-state index contributed by atoms with van der Waals surface area (Å²) in [6, 6.07) is 10.6. The zero-order chi connectivity index (χ0) is 16.4. The van der Waals surface area contributed by atoms with E-state index in [-0.39, 0.29) is 17.9 Å². The Labute approximate surface area is 147 Å². The Morgan fingerprint density at radius 3 is 2.96 bits per heavy atom. The second-order valence-corrected chi connectivity index (χ2v) is 7.85. The summed E-state index contributed by atoms with van der Waals surface area (Å²) in [7, 11) is 0. The van der Waals surface area contributed by atoms with Crippen LogP contribution in [0.25, 0.3) is 0 Å². The van der Waals surface area contributed by atoms with Crippen molar-refractivity contribution in [2.45, 2.75) is 38.3 Å². The fourth-order valence-corrected chi connectivity index (χ4v) is 4.91. The normalized spacial score (nSPS) is 23.0. The molecule has 2 aromatic rings. The molecule has 4 nitrogen and oxygen atoms in total. The number of carbonyl (C=O) groups is 1. The number of thioether (sulfide) groups is 1. The molecule has 0 bridgehead atoms. The second kappa shape index (κ2) is 7.01. The molecule has 5 heteroatoms. The molecule has 2 unspecified atom stereocenters. The first-order valence-corrected chi connectivity index (χ1v) is 9.93. The van der Waals surface area contributed by atoms with Gasteiger partial charge in [-0.2, -0.15) is 16.9 Å². The van der Waals surface area contributed by atoms with E-state index in [1.54, 1.807) is 0 Å². The lowest BCUT2D eigenvalue weighted by Crippen LogP contribution is -2.35. The maximum absolute atomic E-state index is 12.5. The predicted molar refractivity (Wildman–Crippen MR) is 97.0 cm³/mol. The SMILES string of the molecule is O=C(NC1CCCc2c1cnn2Cc1ccccc1)C1CCSC1. The fourth-order valence-electron chi connectivity index (χ4n) is 3.69. The molecule has 1 amide bonds. The minimum absolute atomic E-state index is 0.136. The van der Waals surface area contributed by atoms with Crippen molar-refractivity contribution in [2.75, 3.05) is 11.5 Å². The number of rotatable bonds is 4. The van der Waals surface area contributed by atoms with Crippen LogP contribution in [0.5, 0.6) is 0 Å². The van der Waals surface area contributed by atoms with Gasteiger partial charge in [-0.05, 0) is 37.0 Å². The molecular formula is C19H23N3OS. The highest BCUT2D eigenvalue weighted by Crippen LogP contribution is 2.31. The highest BCUT2D eigenvalue weighted by molar-refractivity contribution is 7.99. The summed E-state index contributed by atoms with van der Waals surface area (Å²) in [5, 5.41) is 7.90. The highest BCUT2D eigenvalue weighted by atomic mass is 32.2. The summed E-state index contributed by atoms with van der Waals surface area (Å²) >= 11 is 1.89. The van der Waals surface area contributed by atoms with Gasteiger partial charge in [-0.3, -0.25) is 9.48 Å². The van der Waals surface area contributed by atoms with Crippen LogP contribution in [0.1, 0.15) is 42.1 Å². The van der Waals surface area contributed by atoms with Crippen molar-refractivity contribution < 1.29 is 4.79 Å². The molecule has 0 spiro atoms. The molecule has 2 heterocycles. The Morgan fingerprint density at radius 2 is 2.17 bits per heavy atom. The topological polar surface area (TPSA) is 46.9 Å². The fraction of sp³-hybridized carbons (Fsp3) is 0.474. The Balaban J connectivity index is 1.50. The average Bonchev–Trinajstić information content (AvgIpc) is 3.27.